The van der Waals surface area contributed by atoms with Crippen molar-refractivity contribution in [2.24, 2.45) is 0 Å². The van der Waals surface area contributed by atoms with Crippen molar-refractivity contribution in [3.63, 3.8) is 0 Å². The molecular formula is C19H20FNO2. The Morgan fingerprint density at radius 1 is 1.09 bits per heavy atom. The molecule has 0 saturated heterocycles. The minimum atomic E-state index is -0.252. The minimum Gasteiger partial charge on any atom is -0.493 e. The summed E-state index contributed by atoms with van der Waals surface area (Å²) in [6.07, 6.45) is 2.83. The molecule has 0 atom stereocenters. The van der Waals surface area contributed by atoms with Crippen LogP contribution in [-0.2, 0) is 24.1 Å². The number of halogens is 1. The third kappa shape index (κ3) is 4.31. The molecule has 1 heterocycles. The summed E-state index contributed by atoms with van der Waals surface area (Å²) in [7, 11) is 0. The number of rotatable bonds is 6. The second-order valence-electron chi connectivity index (χ2n) is 5.77. The second-order valence-corrected chi connectivity index (χ2v) is 5.77. The summed E-state index contributed by atoms with van der Waals surface area (Å²) in [6.45, 7) is 1.39. The highest BCUT2D eigenvalue weighted by molar-refractivity contribution is 5.76. The van der Waals surface area contributed by atoms with Crippen molar-refractivity contribution in [3.05, 3.63) is 65.0 Å². The second kappa shape index (κ2) is 7.27. The number of hydrogen-bond acceptors (Lipinski definition) is 2. The summed E-state index contributed by atoms with van der Waals surface area (Å²) >= 11 is 0. The summed E-state index contributed by atoms with van der Waals surface area (Å²) in [5.74, 6) is 0.758. The Labute approximate surface area is 135 Å². The minimum absolute atomic E-state index is 0.0267. The molecule has 1 amide bonds. The zero-order valence-electron chi connectivity index (χ0n) is 13.0. The van der Waals surface area contributed by atoms with E-state index in [1.54, 1.807) is 12.1 Å². The molecule has 0 aromatic heterocycles. The zero-order valence-corrected chi connectivity index (χ0v) is 13.0. The van der Waals surface area contributed by atoms with E-state index in [-0.39, 0.29) is 11.7 Å². The van der Waals surface area contributed by atoms with Crippen LogP contribution >= 0.6 is 0 Å². The number of ether oxygens (including phenoxy) is 1. The Morgan fingerprint density at radius 2 is 1.87 bits per heavy atom. The fraction of sp³-hybridized carbons (Fsp3) is 0.316. The van der Waals surface area contributed by atoms with Crippen molar-refractivity contribution in [1.82, 2.24) is 5.32 Å². The first kappa shape index (κ1) is 15.5. The van der Waals surface area contributed by atoms with E-state index in [1.807, 2.05) is 6.07 Å². The number of benzene rings is 2. The lowest BCUT2D eigenvalue weighted by molar-refractivity contribution is -0.121. The largest absolute Gasteiger partial charge is 0.493 e. The number of carbonyl (C=O) groups excluding carboxylic acids is 1. The number of hydrogen-bond donors (Lipinski definition) is 1. The van der Waals surface area contributed by atoms with Crippen LogP contribution in [0.25, 0.3) is 0 Å². The topological polar surface area (TPSA) is 38.3 Å². The lowest BCUT2D eigenvalue weighted by atomic mass is 10.1. The van der Waals surface area contributed by atoms with E-state index in [1.165, 1.54) is 23.3 Å². The molecule has 0 spiro atoms. The first-order chi connectivity index (χ1) is 11.2. The van der Waals surface area contributed by atoms with Crippen LogP contribution in [0.2, 0.25) is 0 Å². The number of fused-ring (bicyclic) bond motifs is 1. The maximum Gasteiger partial charge on any atom is 0.220 e. The summed E-state index contributed by atoms with van der Waals surface area (Å²) < 4.78 is 18.3. The van der Waals surface area contributed by atoms with Crippen LogP contribution in [0, 0.1) is 5.82 Å². The third-order valence-electron chi connectivity index (χ3n) is 4.04. The van der Waals surface area contributed by atoms with Crippen LogP contribution in [0.4, 0.5) is 4.39 Å². The van der Waals surface area contributed by atoms with Crippen LogP contribution in [0.5, 0.6) is 5.75 Å². The Hall–Kier alpha value is -2.36. The molecule has 4 heteroatoms. The summed E-state index contributed by atoms with van der Waals surface area (Å²) in [4.78, 5) is 11.9. The maximum atomic E-state index is 12.8. The van der Waals surface area contributed by atoms with Gasteiger partial charge in [-0.15, -0.1) is 0 Å². The van der Waals surface area contributed by atoms with Crippen molar-refractivity contribution < 1.29 is 13.9 Å². The van der Waals surface area contributed by atoms with Gasteiger partial charge in [0.25, 0.3) is 0 Å². The summed E-state index contributed by atoms with van der Waals surface area (Å²) in [5.41, 5.74) is 3.44. The number of aryl methyl sites for hydroxylation is 1. The first-order valence-corrected chi connectivity index (χ1v) is 7.96. The molecule has 0 fully saturated rings. The van der Waals surface area contributed by atoms with Crippen molar-refractivity contribution >= 4 is 5.91 Å². The van der Waals surface area contributed by atoms with E-state index in [2.05, 4.69) is 17.4 Å². The molecule has 0 aliphatic carbocycles. The lowest BCUT2D eigenvalue weighted by Gasteiger charge is -2.07. The van der Waals surface area contributed by atoms with Crippen molar-refractivity contribution in [1.29, 1.82) is 0 Å². The van der Waals surface area contributed by atoms with Gasteiger partial charge in [-0.05, 0) is 47.7 Å². The van der Waals surface area contributed by atoms with Gasteiger partial charge in [-0.2, -0.15) is 0 Å². The van der Waals surface area contributed by atoms with Gasteiger partial charge in [0.1, 0.15) is 11.6 Å². The molecular weight excluding hydrogens is 293 g/mol. The average molecular weight is 313 g/mol. The van der Waals surface area contributed by atoms with Crippen LogP contribution in [-0.4, -0.2) is 19.1 Å². The predicted molar refractivity (Wildman–Crippen MR) is 87.1 cm³/mol. The molecule has 1 aliphatic rings. The lowest BCUT2D eigenvalue weighted by Crippen LogP contribution is -2.25. The molecule has 1 N–H and O–H groups in total. The molecule has 23 heavy (non-hydrogen) atoms. The van der Waals surface area contributed by atoms with E-state index >= 15 is 0 Å². The highest BCUT2D eigenvalue weighted by Gasteiger charge is 2.11. The van der Waals surface area contributed by atoms with E-state index < -0.39 is 0 Å². The van der Waals surface area contributed by atoms with Crippen LogP contribution in [0.3, 0.4) is 0 Å². The molecule has 2 aromatic carbocycles. The Bertz CT molecular complexity index is 682. The van der Waals surface area contributed by atoms with Crippen LogP contribution < -0.4 is 10.1 Å². The molecule has 120 valence electrons. The van der Waals surface area contributed by atoms with Gasteiger partial charge in [0.15, 0.2) is 0 Å². The molecule has 3 nitrogen and oxygen atoms in total. The van der Waals surface area contributed by atoms with E-state index in [0.717, 1.165) is 30.8 Å². The molecule has 0 saturated carbocycles. The maximum absolute atomic E-state index is 12.8. The standard InChI is InChI=1S/C19H20FNO2/c20-17-5-1-14(2-6-17)4-8-19(22)21-11-9-15-3-7-18-16(13-15)10-12-23-18/h1-3,5-7,13H,4,8-12H2,(H,21,22). The van der Waals surface area contributed by atoms with Gasteiger partial charge >= 0.3 is 0 Å². The molecule has 2 aromatic rings. The van der Waals surface area contributed by atoms with Gasteiger partial charge in [0, 0.05) is 19.4 Å². The van der Waals surface area contributed by atoms with E-state index in [4.69, 9.17) is 4.74 Å². The van der Waals surface area contributed by atoms with Crippen LogP contribution in [0.1, 0.15) is 23.1 Å². The molecule has 0 radical (unpaired) electrons. The Balaban J connectivity index is 1.40. The SMILES string of the molecule is O=C(CCc1ccc(F)cc1)NCCc1ccc2c(c1)CCO2. The highest BCUT2D eigenvalue weighted by atomic mass is 19.1. The fourth-order valence-corrected chi connectivity index (χ4v) is 2.74. The number of nitrogens with one attached hydrogen (secondary N) is 1. The Kier molecular flexibility index (Phi) is 4.91. The van der Waals surface area contributed by atoms with Gasteiger partial charge in [-0.1, -0.05) is 24.3 Å². The average Bonchev–Trinajstić information content (AvgIpc) is 3.02. The Morgan fingerprint density at radius 3 is 2.70 bits per heavy atom. The summed E-state index contributed by atoms with van der Waals surface area (Å²) in [6, 6.07) is 12.5. The zero-order chi connectivity index (χ0) is 16.1. The predicted octanol–water partition coefficient (Wildman–Crippen LogP) is 3.05. The quantitative estimate of drug-likeness (QED) is 0.890. The van der Waals surface area contributed by atoms with Crippen molar-refractivity contribution in [3.8, 4) is 5.75 Å². The van der Waals surface area contributed by atoms with Gasteiger partial charge in [0.2, 0.25) is 5.91 Å². The normalized spacial score (nSPS) is 12.6. The third-order valence-corrected chi connectivity index (χ3v) is 4.04. The fourth-order valence-electron chi connectivity index (χ4n) is 2.74. The molecule has 0 unspecified atom stereocenters. The van der Waals surface area contributed by atoms with Gasteiger partial charge in [0.05, 0.1) is 6.61 Å². The van der Waals surface area contributed by atoms with Gasteiger partial charge < -0.3 is 10.1 Å². The smallest absolute Gasteiger partial charge is 0.220 e. The van der Waals surface area contributed by atoms with Crippen molar-refractivity contribution in [2.75, 3.05) is 13.2 Å². The van der Waals surface area contributed by atoms with E-state index in [9.17, 15) is 9.18 Å². The molecule has 3 rings (SSSR count). The summed E-state index contributed by atoms with van der Waals surface area (Å²) in [5, 5.41) is 2.94. The first-order valence-electron chi connectivity index (χ1n) is 7.96. The van der Waals surface area contributed by atoms with Gasteiger partial charge in [-0.25, -0.2) is 4.39 Å². The monoisotopic (exact) mass is 313 g/mol. The molecule has 1 aliphatic heterocycles. The molecule has 0 bridgehead atoms. The van der Waals surface area contributed by atoms with Crippen LogP contribution in [0.15, 0.2) is 42.5 Å². The number of amides is 1. The van der Waals surface area contributed by atoms with Crippen molar-refractivity contribution in [2.45, 2.75) is 25.7 Å². The van der Waals surface area contributed by atoms with Gasteiger partial charge in [-0.3, -0.25) is 4.79 Å². The highest BCUT2D eigenvalue weighted by Crippen LogP contribution is 2.25. The number of carbonyl (C=O) groups is 1. The van der Waals surface area contributed by atoms with E-state index in [0.29, 0.717) is 19.4 Å².